The molecule has 0 spiro atoms. The van der Waals surface area contributed by atoms with E-state index in [9.17, 15) is 31.5 Å². The minimum atomic E-state index is -4.67. The number of anilines is 2. The van der Waals surface area contributed by atoms with E-state index in [4.69, 9.17) is 0 Å². The van der Waals surface area contributed by atoms with Gasteiger partial charge in [-0.2, -0.15) is 13.2 Å². The highest BCUT2D eigenvalue weighted by Gasteiger charge is 2.35. The fraction of sp³-hybridized carbons (Fsp3) is 0.333. The van der Waals surface area contributed by atoms with Crippen LogP contribution in [-0.4, -0.2) is 47.2 Å². The molecule has 0 aliphatic carbocycles. The molecule has 1 aliphatic heterocycles. The third-order valence-electron chi connectivity index (χ3n) is 5.35. The Labute approximate surface area is 202 Å². The molecule has 0 bridgehead atoms. The average molecular weight is 528 g/mol. The van der Waals surface area contributed by atoms with Crippen molar-refractivity contribution in [1.82, 2.24) is 20.3 Å². The highest BCUT2D eigenvalue weighted by molar-refractivity contribution is 7.90. The van der Waals surface area contributed by atoms with Crippen molar-refractivity contribution >= 4 is 38.7 Å². The van der Waals surface area contributed by atoms with Crippen molar-refractivity contribution in [3.8, 4) is 10.4 Å². The highest BCUT2D eigenvalue weighted by Crippen LogP contribution is 2.39. The molecule has 35 heavy (non-hydrogen) atoms. The third-order valence-corrected chi connectivity index (χ3v) is 7.68. The van der Waals surface area contributed by atoms with Crippen molar-refractivity contribution in [1.29, 1.82) is 0 Å². The normalized spacial score (nSPS) is 19.2. The van der Waals surface area contributed by atoms with Crippen molar-refractivity contribution < 1.29 is 31.5 Å². The summed E-state index contributed by atoms with van der Waals surface area (Å²) in [6.07, 6.45) is -0.640. The van der Waals surface area contributed by atoms with Gasteiger partial charge in [0.1, 0.15) is 16.3 Å². The highest BCUT2D eigenvalue weighted by atomic mass is 32.2. The number of aromatic nitrogens is 3. The van der Waals surface area contributed by atoms with E-state index in [2.05, 4.69) is 25.6 Å². The molecular formula is C21H20F3N5O4S2. The summed E-state index contributed by atoms with van der Waals surface area (Å²) in [6, 6.07) is 4.93. The van der Waals surface area contributed by atoms with Gasteiger partial charge in [-0.15, -0.1) is 11.3 Å². The van der Waals surface area contributed by atoms with Crippen LogP contribution in [0.15, 0.2) is 41.6 Å². The Balaban J connectivity index is 1.70. The zero-order valence-electron chi connectivity index (χ0n) is 18.3. The van der Waals surface area contributed by atoms with Crippen LogP contribution < -0.4 is 10.6 Å². The molecule has 14 heteroatoms. The Morgan fingerprint density at radius 2 is 1.97 bits per heavy atom. The quantitative estimate of drug-likeness (QED) is 0.460. The molecule has 3 N–H and O–H groups in total. The van der Waals surface area contributed by atoms with Crippen LogP contribution in [0, 0.1) is 0 Å². The van der Waals surface area contributed by atoms with Crippen LogP contribution in [-0.2, 0) is 26.4 Å². The molecule has 1 aromatic carbocycles. The molecular weight excluding hydrogens is 507 g/mol. The monoisotopic (exact) mass is 527 g/mol. The van der Waals surface area contributed by atoms with E-state index in [1.165, 1.54) is 24.4 Å². The fourth-order valence-electron chi connectivity index (χ4n) is 3.51. The molecule has 0 radical (unpaired) electrons. The van der Waals surface area contributed by atoms with E-state index in [0.717, 1.165) is 29.9 Å². The Kier molecular flexibility index (Phi) is 6.55. The van der Waals surface area contributed by atoms with E-state index in [1.807, 2.05) is 0 Å². The topological polar surface area (TPSA) is 134 Å². The van der Waals surface area contributed by atoms with Gasteiger partial charge in [-0.1, -0.05) is 0 Å². The van der Waals surface area contributed by atoms with E-state index in [-0.39, 0.29) is 41.7 Å². The standard InChI is InChI=1S/C21H20F3N5O4S2/c1-35(32,33)14-9-12(8-13(10-14)28-19-26-6-3-16(29-19)21(22,23)24)15-11-27-18(34-15)20(31)4-2-17(30)25-7-5-20/h3,6,8-11,31H,2,4-5,7H2,1H3,(H,25,30)(H,26,28,29). The van der Waals surface area contributed by atoms with Crippen LogP contribution in [0.2, 0.25) is 0 Å². The maximum atomic E-state index is 13.0. The molecule has 9 nitrogen and oxygen atoms in total. The van der Waals surface area contributed by atoms with Gasteiger partial charge in [0.25, 0.3) is 0 Å². The lowest BCUT2D eigenvalue weighted by Gasteiger charge is -2.22. The zero-order valence-corrected chi connectivity index (χ0v) is 19.9. The van der Waals surface area contributed by atoms with Gasteiger partial charge in [-0.05, 0) is 36.2 Å². The number of nitrogens with zero attached hydrogens (tertiary/aromatic N) is 3. The van der Waals surface area contributed by atoms with Gasteiger partial charge in [0.15, 0.2) is 9.84 Å². The number of nitrogens with one attached hydrogen (secondary N) is 2. The Hall–Kier alpha value is -3.10. The first-order valence-electron chi connectivity index (χ1n) is 10.3. The van der Waals surface area contributed by atoms with Crippen LogP contribution in [0.1, 0.15) is 30.0 Å². The fourth-order valence-corrected chi connectivity index (χ4v) is 5.24. The molecule has 3 heterocycles. The summed E-state index contributed by atoms with van der Waals surface area (Å²) in [5.41, 5.74) is -1.90. The first-order chi connectivity index (χ1) is 16.3. The number of thiazole rings is 1. The molecule has 0 saturated carbocycles. The SMILES string of the molecule is CS(=O)(=O)c1cc(Nc2nccc(C(F)(F)F)n2)cc(-c2cnc(C3(O)CCNC(=O)CC3)s2)c1. The van der Waals surface area contributed by atoms with Gasteiger partial charge in [0, 0.05) is 43.7 Å². The lowest BCUT2D eigenvalue weighted by atomic mass is 9.96. The van der Waals surface area contributed by atoms with E-state index in [1.54, 1.807) is 0 Å². The van der Waals surface area contributed by atoms with Gasteiger partial charge < -0.3 is 15.7 Å². The van der Waals surface area contributed by atoms with Crippen LogP contribution in [0.25, 0.3) is 10.4 Å². The Morgan fingerprint density at radius 3 is 2.69 bits per heavy atom. The predicted octanol–water partition coefficient (Wildman–Crippen LogP) is 3.25. The minimum Gasteiger partial charge on any atom is -0.383 e. The number of carbonyl (C=O) groups is 1. The summed E-state index contributed by atoms with van der Waals surface area (Å²) in [5.74, 6) is -0.516. The van der Waals surface area contributed by atoms with Crippen LogP contribution >= 0.6 is 11.3 Å². The summed E-state index contributed by atoms with van der Waals surface area (Å²) in [4.78, 5) is 23.6. The molecule has 1 unspecified atom stereocenters. The van der Waals surface area contributed by atoms with Crippen molar-refractivity contribution in [2.24, 2.45) is 0 Å². The summed E-state index contributed by atoms with van der Waals surface area (Å²) < 4.78 is 63.6. The van der Waals surface area contributed by atoms with Gasteiger partial charge in [-0.3, -0.25) is 4.79 Å². The molecule has 186 valence electrons. The maximum absolute atomic E-state index is 13.0. The largest absolute Gasteiger partial charge is 0.433 e. The molecule has 1 atom stereocenters. The van der Waals surface area contributed by atoms with E-state index >= 15 is 0 Å². The molecule has 1 amide bonds. The molecule has 1 saturated heterocycles. The average Bonchev–Trinajstić information content (AvgIpc) is 3.21. The third kappa shape index (κ3) is 5.77. The van der Waals surface area contributed by atoms with Crippen molar-refractivity contribution in [2.75, 3.05) is 18.1 Å². The first kappa shape index (κ1) is 25.0. The second kappa shape index (κ2) is 9.17. The van der Waals surface area contributed by atoms with Crippen molar-refractivity contribution in [3.63, 3.8) is 0 Å². The number of sulfone groups is 1. The minimum absolute atomic E-state index is 0.0811. The lowest BCUT2D eigenvalue weighted by molar-refractivity contribution is -0.141. The van der Waals surface area contributed by atoms with Gasteiger partial charge in [0.05, 0.1) is 9.77 Å². The molecule has 4 rings (SSSR count). The Morgan fingerprint density at radius 1 is 1.20 bits per heavy atom. The second-order valence-corrected chi connectivity index (χ2v) is 11.1. The number of hydrogen-bond acceptors (Lipinski definition) is 9. The van der Waals surface area contributed by atoms with Crippen LogP contribution in [0.3, 0.4) is 0 Å². The van der Waals surface area contributed by atoms with Crippen molar-refractivity contribution in [2.45, 2.75) is 35.9 Å². The molecule has 3 aromatic rings. The van der Waals surface area contributed by atoms with Gasteiger partial charge in [-0.25, -0.2) is 23.4 Å². The van der Waals surface area contributed by atoms with Crippen molar-refractivity contribution in [3.05, 3.63) is 47.4 Å². The number of rotatable bonds is 5. The zero-order chi connectivity index (χ0) is 25.4. The number of benzene rings is 1. The number of alkyl halides is 3. The number of carbonyl (C=O) groups excluding carboxylic acids is 1. The number of aliphatic hydroxyl groups is 1. The maximum Gasteiger partial charge on any atom is 0.433 e. The van der Waals surface area contributed by atoms with E-state index in [0.29, 0.717) is 22.0 Å². The lowest BCUT2D eigenvalue weighted by Crippen LogP contribution is -2.27. The summed E-state index contributed by atoms with van der Waals surface area (Å²) >= 11 is 1.14. The summed E-state index contributed by atoms with van der Waals surface area (Å²) in [5, 5.41) is 16.8. The first-order valence-corrected chi connectivity index (χ1v) is 13.0. The van der Waals surface area contributed by atoms with E-state index < -0.39 is 27.3 Å². The Bertz CT molecular complexity index is 1380. The van der Waals surface area contributed by atoms with Gasteiger partial charge in [0.2, 0.25) is 11.9 Å². The number of amides is 1. The predicted molar refractivity (Wildman–Crippen MR) is 122 cm³/mol. The number of halogens is 3. The molecule has 2 aromatic heterocycles. The summed E-state index contributed by atoms with van der Waals surface area (Å²) in [6.45, 7) is 0.291. The smallest absolute Gasteiger partial charge is 0.383 e. The van der Waals surface area contributed by atoms with Gasteiger partial charge >= 0.3 is 6.18 Å². The molecule has 1 aliphatic rings. The molecule has 1 fully saturated rings. The second-order valence-electron chi connectivity index (χ2n) is 8.07. The summed E-state index contributed by atoms with van der Waals surface area (Å²) in [7, 11) is -3.69. The number of hydrogen-bond donors (Lipinski definition) is 3. The van der Waals surface area contributed by atoms with Crippen LogP contribution in [0.4, 0.5) is 24.8 Å². The van der Waals surface area contributed by atoms with Crippen LogP contribution in [0.5, 0.6) is 0 Å².